The van der Waals surface area contributed by atoms with Crippen LogP contribution >= 0.6 is 0 Å². The Morgan fingerprint density at radius 3 is 2.21 bits per heavy atom. The van der Waals surface area contributed by atoms with Crippen LogP contribution in [0.25, 0.3) is 0 Å². The highest BCUT2D eigenvalue weighted by Gasteiger charge is 2.46. The molecule has 0 aliphatic rings. The zero-order chi connectivity index (χ0) is 18.0. The third kappa shape index (κ3) is 4.00. The molecule has 1 aromatic carbocycles. The van der Waals surface area contributed by atoms with Crippen LogP contribution in [0.4, 0.5) is 26.3 Å². The summed E-state index contributed by atoms with van der Waals surface area (Å²) >= 11 is 0. The molecule has 0 fully saturated rings. The Kier molecular flexibility index (Phi) is 4.76. The molecule has 0 unspecified atom stereocenters. The smallest absolute Gasteiger partial charge is 0.337 e. The second kappa shape index (κ2) is 6.46. The summed E-state index contributed by atoms with van der Waals surface area (Å²) < 4.78 is 78.6. The van der Waals surface area contributed by atoms with Crippen LogP contribution in [0.3, 0.4) is 0 Å². The molecule has 4 nitrogen and oxygen atoms in total. The van der Waals surface area contributed by atoms with Gasteiger partial charge in [0.05, 0.1) is 23.5 Å². The number of hydrogen-bond acceptors (Lipinski definition) is 3. The molecule has 24 heavy (non-hydrogen) atoms. The monoisotopic (exact) mass is 349 g/mol. The first kappa shape index (κ1) is 17.7. The highest BCUT2D eigenvalue weighted by molar-refractivity contribution is 5.94. The van der Waals surface area contributed by atoms with Crippen molar-refractivity contribution in [1.82, 2.24) is 15.5 Å². The van der Waals surface area contributed by atoms with Crippen molar-refractivity contribution in [2.75, 3.05) is 0 Å². The average molecular weight is 349 g/mol. The van der Waals surface area contributed by atoms with Crippen molar-refractivity contribution < 1.29 is 31.1 Å². The number of alkyl halides is 6. The fourth-order valence-corrected chi connectivity index (χ4v) is 1.98. The number of rotatable bonds is 3. The lowest BCUT2D eigenvalue weighted by atomic mass is 9.99. The Morgan fingerprint density at radius 1 is 1.00 bits per heavy atom. The molecule has 1 amide bonds. The van der Waals surface area contributed by atoms with Gasteiger partial charge < -0.3 is 5.32 Å². The summed E-state index contributed by atoms with van der Waals surface area (Å²) in [4.78, 5) is 11.9. The zero-order valence-electron chi connectivity index (χ0n) is 11.7. The summed E-state index contributed by atoms with van der Waals surface area (Å²) in [6, 6.07) is 1.46. The molecule has 1 aromatic heterocycles. The summed E-state index contributed by atoms with van der Waals surface area (Å²) in [6.45, 7) is 0. The van der Waals surface area contributed by atoms with Gasteiger partial charge in [-0.25, -0.2) is 0 Å². The van der Waals surface area contributed by atoms with Crippen LogP contribution in [-0.2, 0) is 6.18 Å². The quantitative estimate of drug-likeness (QED) is 0.863. The number of amides is 1. The highest BCUT2D eigenvalue weighted by atomic mass is 19.4. The molecule has 0 radical (unpaired) electrons. The minimum atomic E-state index is -5.13. The molecule has 2 aromatic rings. The first-order valence-electron chi connectivity index (χ1n) is 6.41. The van der Waals surface area contributed by atoms with E-state index in [-0.39, 0.29) is 5.56 Å². The van der Waals surface area contributed by atoms with E-state index in [2.05, 4.69) is 10.2 Å². The maximum atomic E-state index is 13.2. The molecule has 128 valence electrons. The maximum absolute atomic E-state index is 13.2. The third-order valence-electron chi connectivity index (χ3n) is 3.03. The largest absolute Gasteiger partial charge is 0.416 e. The second-order valence-corrected chi connectivity index (χ2v) is 4.66. The predicted octanol–water partition coefficient (Wildman–Crippen LogP) is 3.53. The fourth-order valence-electron chi connectivity index (χ4n) is 1.98. The summed E-state index contributed by atoms with van der Waals surface area (Å²) in [6.07, 6.45) is -8.15. The Morgan fingerprint density at radius 2 is 1.67 bits per heavy atom. The Balaban J connectivity index is 2.43. The molecule has 1 atom stereocenters. The number of carbonyl (C=O) groups excluding carboxylic acids is 1. The molecule has 1 heterocycles. The van der Waals surface area contributed by atoms with E-state index in [0.717, 1.165) is 30.6 Å². The lowest BCUT2D eigenvalue weighted by molar-refractivity contribution is -0.160. The van der Waals surface area contributed by atoms with Gasteiger partial charge >= 0.3 is 12.4 Å². The lowest BCUT2D eigenvalue weighted by Gasteiger charge is -2.25. The minimum Gasteiger partial charge on any atom is -0.337 e. The lowest BCUT2D eigenvalue weighted by Crippen LogP contribution is -2.39. The van der Waals surface area contributed by atoms with Crippen LogP contribution in [0, 0.1) is 0 Å². The van der Waals surface area contributed by atoms with E-state index in [1.54, 1.807) is 5.32 Å². The molecule has 2 rings (SSSR count). The van der Waals surface area contributed by atoms with E-state index in [1.165, 1.54) is 0 Å². The van der Waals surface area contributed by atoms with E-state index < -0.39 is 35.4 Å². The van der Waals surface area contributed by atoms with Crippen LogP contribution in [-0.4, -0.2) is 22.3 Å². The number of nitrogens with one attached hydrogen (secondary N) is 1. The van der Waals surface area contributed by atoms with Crippen LogP contribution in [0.5, 0.6) is 0 Å². The van der Waals surface area contributed by atoms with Gasteiger partial charge in [0.15, 0.2) is 6.04 Å². The fraction of sp³-hybridized carbons (Fsp3) is 0.214. The molecular weight excluding hydrogens is 340 g/mol. The van der Waals surface area contributed by atoms with E-state index in [4.69, 9.17) is 0 Å². The average Bonchev–Trinajstić information content (AvgIpc) is 2.51. The van der Waals surface area contributed by atoms with E-state index >= 15 is 0 Å². The first-order valence-corrected chi connectivity index (χ1v) is 6.41. The van der Waals surface area contributed by atoms with Gasteiger partial charge in [-0.1, -0.05) is 18.2 Å². The van der Waals surface area contributed by atoms with E-state index in [9.17, 15) is 31.1 Å². The predicted molar refractivity (Wildman–Crippen MR) is 69.7 cm³/mol. The number of carbonyl (C=O) groups is 1. The number of aromatic nitrogens is 2. The van der Waals surface area contributed by atoms with Crippen molar-refractivity contribution in [3.05, 3.63) is 59.4 Å². The van der Waals surface area contributed by atoms with Crippen molar-refractivity contribution in [2.24, 2.45) is 0 Å². The second-order valence-electron chi connectivity index (χ2n) is 4.66. The van der Waals surface area contributed by atoms with Gasteiger partial charge in [-0.05, 0) is 17.7 Å². The van der Waals surface area contributed by atoms with Crippen LogP contribution in [0.1, 0.15) is 27.5 Å². The maximum Gasteiger partial charge on any atom is 0.416 e. The first-order chi connectivity index (χ1) is 11.1. The summed E-state index contributed by atoms with van der Waals surface area (Å²) in [5.74, 6) is -1.22. The van der Waals surface area contributed by atoms with Crippen molar-refractivity contribution in [3.8, 4) is 0 Å². The van der Waals surface area contributed by atoms with Crippen molar-refractivity contribution in [2.45, 2.75) is 18.4 Å². The van der Waals surface area contributed by atoms with Crippen LogP contribution in [0.2, 0.25) is 0 Å². The Labute approximate surface area is 131 Å². The number of halogens is 6. The van der Waals surface area contributed by atoms with Gasteiger partial charge in [0, 0.05) is 0 Å². The molecule has 0 spiro atoms. The minimum absolute atomic E-state index is 0.260. The molecule has 0 aliphatic carbocycles. The molecule has 0 bridgehead atoms. The van der Waals surface area contributed by atoms with E-state index in [1.807, 2.05) is 0 Å². The van der Waals surface area contributed by atoms with Gasteiger partial charge in [-0.15, -0.1) is 0 Å². The standard InChI is InChI=1S/C14H9F6N3O/c15-13(16,17)10-4-2-1-3-9(10)11(14(18,19)20)23-12(24)8-5-6-21-22-7-8/h1-7,11H,(H,23,24)/t11-/m1/s1. The number of hydrogen-bond donors (Lipinski definition) is 1. The molecule has 0 saturated carbocycles. The third-order valence-corrected chi connectivity index (χ3v) is 3.03. The number of nitrogens with zero attached hydrogens (tertiary/aromatic N) is 2. The normalized spacial score (nSPS) is 13.4. The van der Waals surface area contributed by atoms with Crippen molar-refractivity contribution in [3.63, 3.8) is 0 Å². The summed E-state index contributed by atoms with van der Waals surface area (Å²) in [5.41, 5.74) is -2.82. The summed E-state index contributed by atoms with van der Waals surface area (Å²) in [7, 11) is 0. The Hall–Kier alpha value is -2.65. The van der Waals surface area contributed by atoms with Gasteiger partial charge in [0.1, 0.15) is 0 Å². The molecular formula is C14H9F6N3O. The summed E-state index contributed by atoms with van der Waals surface area (Å²) in [5, 5.41) is 8.26. The van der Waals surface area contributed by atoms with Crippen molar-refractivity contribution >= 4 is 5.91 Å². The molecule has 0 aliphatic heterocycles. The molecule has 1 N–H and O–H groups in total. The number of benzene rings is 1. The highest BCUT2D eigenvalue weighted by Crippen LogP contribution is 2.40. The molecule has 0 saturated heterocycles. The topological polar surface area (TPSA) is 54.9 Å². The van der Waals surface area contributed by atoms with Gasteiger partial charge in [0.2, 0.25) is 0 Å². The van der Waals surface area contributed by atoms with Gasteiger partial charge in [0.25, 0.3) is 5.91 Å². The Bertz CT molecular complexity index is 714. The zero-order valence-corrected chi connectivity index (χ0v) is 11.7. The van der Waals surface area contributed by atoms with Crippen molar-refractivity contribution in [1.29, 1.82) is 0 Å². The SMILES string of the molecule is O=C(N[C@H](c1ccccc1C(F)(F)F)C(F)(F)F)c1ccnnc1. The van der Waals surface area contributed by atoms with Gasteiger partial charge in [-0.2, -0.15) is 36.5 Å². The van der Waals surface area contributed by atoms with Crippen LogP contribution < -0.4 is 5.32 Å². The van der Waals surface area contributed by atoms with Gasteiger partial charge in [-0.3, -0.25) is 4.79 Å². The van der Waals surface area contributed by atoms with E-state index in [0.29, 0.717) is 12.1 Å². The molecule has 10 heteroatoms. The van der Waals surface area contributed by atoms with Crippen LogP contribution in [0.15, 0.2) is 42.7 Å².